The van der Waals surface area contributed by atoms with E-state index in [4.69, 9.17) is 10.5 Å². The molecule has 0 spiro atoms. The summed E-state index contributed by atoms with van der Waals surface area (Å²) in [7, 11) is 0. The molecule has 3 heteroatoms. The van der Waals surface area contributed by atoms with Gasteiger partial charge in [-0.05, 0) is 50.1 Å². The van der Waals surface area contributed by atoms with Gasteiger partial charge in [-0.25, -0.2) is 4.39 Å². The first kappa shape index (κ1) is 13.6. The van der Waals surface area contributed by atoms with Gasteiger partial charge in [0.25, 0.3) is 0 Å². The highest BCUT2D eigenvalue weighted by Gasteiger charge is 2.09. The lowest BCUT2D eigenvalue weighted by atomic mass is 10.1. The molecular formula is C16H18FNO. The molecule has 0 amide bonds. The summed E-state index contributed by atoms with van der Waals surface area (Å²) < 4.78 is 19.5. The second-order valence-electron chi connectivity index (χ2n) is 4.85. The van der Waals surface area contributed by atoms with Crippen molar-refractivity contribution in [1.82, 2.24) is 0 Å². The molecule has 0 aliphatic carbocycles. The number of benzene rings is 2. The highest BCUT2D eigenvalue weighted by molar-refractivity contribution is 5.40. The molecule has 0 fully saturated rings. The van der Waals surface area contributed by atoms with Gasteiger partial charge >= 0.3 is 0 Å². The fourth-order valence-electron chi connectivity index (χ4n) is 1.92. The maximum atomic E-state index is 13.9. The predicted octanol–water partition coefficient (Wildman–Crippen LogP) is 4.25. The summed E-state index contributed by atoms with van der Waals surface area (Å²) in [6, 6.07) is 10.4. The van der Waals surface area contributed by atoms with E-state index in [9.17, 15) is 4.39 Å². The van der Waals surface area contributed by atoms with Crippen LogP contribution in [0.3, 0.4) is 0 Å². The van der Waals surface area contributed by atoms with E-state index in [2.05, 4.69) is 0 Å². The molecule has 2 aromatic rings. The second-order valence-corrected chi connectivity index (χ2v) is 4.85. The van der Waals surface area contributed by atoms with Crippen LogP contribution in [0.25, 0.3) is 0 Å². The van der Waals surface area contributed by atoms with Gasteiger partial charge in [-0.1, -0.05) is 23.8 Å². The molecule has 0 bridgehead atoms. The van der Waals surface area contributed by atoms with Gasteiger partial charge in [0.1, 0.15) is 5.75 Å². The number of aryl methyl sites for hydroxylation is 2. The highest BCUT2D eigenvalue weighted by Crippen LogP contribution is 2.29. The fraction of sp³-hybridized carbons (Fsp3) is 0.250. The van der Waals surface area contributed by atoms with Gasteiger partial charge in [-0.15, -0.1) is 0 Å². The third-order valence-corrected chi connectivity index (χ3v) is 3.03. The van der Waals surface area contributed by atoms with Crippen molar-refractivity contribution in [3.05, 3.63) is 58.9 Å². The standard InChI is InChI=1S/C16H18FNO/c1-10-4-6-15(11(2)8-10)19-16-7-5-13(12(3)18)9-14(16)17/h4-9,12H,18H2,1-3H3/t12-/m0/s1. The van der Waals surface area contributed by atoms with E-state index in [1.54, 1.807) is 12.1 Å². The summed E-state index contributed by atoms with van der Waals surface area (Å²) in [5.74, 6) is 0.490. The first-order valence-electron chi connectivity index (χ1n) is 6.27. The molecule has 0 heterocycles. The van der Waals surface area contributed by atoms with Gasteiger partial charge < -0.3 is 10.5 Å². The molecule has 0 aliphatic heterocycles. The van der Waals surface area contributed by atoms with E-state index in [-0.39, 0.29) is 11.8 Å². The Bertz CT molecular complexity index is 593. The minimum absolute atomic E-state index is 0.190. The normalized spacial score (nSPS) is 12.3. The number of ether oxygens (including phenoxy) is 1. The smallest absolute Gasteiger partial charge is 0.166 e. The van der Waals surface area contributed by atoms with Crippen molar-refractivity contribution >= 4 is 0 Å². The quantitative estimate of drug-likeness (QED) is 0.894. The molecular weight excluding hydrogens is 241 g/mol. The topological polar surface area (TPSA) is 35.2 Å². The maximum Gasteiger partial charge on any atom is 0.166 e. The molecule has 0 aromatic heterocycles. The zero-order valence-corrected chi connectivity index (χ0v) is 11.4. The van der Waals surface area contributed by atoms with Crippen LogP contribution in [0, 0.1) is 19.7 Å². The lowest BCUT2D eigenvalue weighted by Crippen LogP contribution is -2.05. The van der Waals surface area contributed by atoms with Crippen molar-refractivity contribution in [1.29, 1.82) is 0 Å². The van der Waals surface area contributed by atoms with Crippen molar-refractivity contribution in [3.63, 3.8) is 0 Å². The lowest BCUT2D eigenvalue weighted by Gasteiger charge is -2.12. The van der Waals surface area contributed by atoms with Crippen LogP contribution in [0.15, 0.2) is 36.4 Å². The molecule has 19 heavy (non-hydrogen) atoms. The van der Waals surface area contributed by atoms with Crippen LogP contribution in [0.4, 0.5) is 4.39 Å². The second kappa shape index (κ2) is 5.41. The summed E-state index contributed by atoms with van der Waals surface area (Å²) in [6.07, 6.45) is 0. The van der Waals surface area contributed by atoms with E-state index < -0.39 is 5.82 Å². The summed E-state index contributed by atoms with van der Waals surface area (Å²) in [6.45, 7) is 5.77. The number of nitrogens with two attached hydrogens (primary N) is 1. The van der Waals surface area contributed by atoms with Crippen LogP contribution in [0.1, 0.15) is 29.7 Å². The average molecular weight is 259 g/mol. The Morgan fingerprint density at radius 1 is 1.05 bits per heavy atom. The van der Waals surface area contributed by atoms with Gasteiger partial charge in [0.15, 0.2) is 11.6 Å². The Balaban J connectivity index is 2.28. The Hall–Kier alpha value is -1.87. The van der Waals surface area contributed by atoms with E-state index in [1.165, 1.54) is 6.07 Å². The summed E-state index contributed by atoms with van der Waals surface area (Å²) >= 11 is 0. The first-order chi connectivity index (χ1) is 8.97. The SMILES string of the molecule is Cc1ccc(Oc2ccc([C@H](C)N)cc2F)c(C)c1. The number of hydrogen-bond donors (Lipinski definition) is 1. The van der Waals surface area contributed by atoms with Crippen LogP contribution in [-0.4, -0.2) is 0 Å². The number of halogens is 1. The molecule has 2 rings (SSSR count). The highest BCUT2D eigenvalue weighted by atomic mass is 19.1. The van der Waals surface area contributed by atoms with Gasteiger partial charge in [-0.2, -0.15) is 0 Å². The molecule has 0 radical (unpaired) electrons. The van der Waals surface area contributed by atoms with Crippen molar-refractivity contribution in [3.8, 4) is 11.5 Å². The van der Waals surface area contributed by atoms with Crippen molar-refractivity contribution in [2.45, 2.75) is 26.8 Å². The molecule has 0 aliphatic rings. The first-order valence-corrected chi connectivity index (χ1v) is 6.27. The largest absolute Gasteiger partial charge is 0.454 e. The Labute approximate surface area is 113 Å². The zero-order valence-electron chi connectivity index (χ0n) is 11.4. The van der Waals surface area contributed by atoms with Crippen molar-refractivity contribution in [2.75, 3.05) is 0 Å². The summed E-state index contributed by atoms with van der Waals surface area (Å²) in [4.78, 5) is 0. The van der Waals surface area contributed by atoms with Crippen molar-refractivity contribution in [2.24, 2.45) is 5.73 Å². The van der Waals surface area contributed by atoms with E-state index in [0.717, 1.165) is 16.7 Å². The van der Waals surface area contributed by atoms with E-state index in [0.29, 0.717) is 5.75 Å². The lowest BCUT2D eigenvalue weighted by molar-refractivity contribution is 0.438. The molecule has 0 saturated heterocycles. The van der Waals surface area contributed by atoms with Crippen LogP contribution < -0.4 is 10.5 Å². The molecule has 2 aromatic carbocycles. The van der Waals surface area contributed by atoms with E-state index >= 15 is 0 Å². The van der Waals surface area contributed by atoms with Gasteiger partial charge in [0, 0.05) is 6.04 Å². The predicted molar refractivity (Wildman–Crippen MR) is 75.0 cm³/mol. The minimum atomic E-state index is -0.394. The average Bonchev–Trinajstić information content (AvgIpc) is 2.34. The monoisotopic (exact) mass is 259 g/mol. The Morgan fingerprint density at radius 3 is 2.32 bits per heavy atom. The third kappa shape index (κ3) is 3.12. The molecule has 2 nitrogen and oxygen atoms in total. The molecule has 0 unspecified atom stereocenters. The molecule has 2 N–H and O–H groups in total. The summed E-state index contributed by atoms with van der Waals surface area (Å²) in [5, 5.41) is 0. The van der Waals surface area contributed by atoms with Crippen molar-refractivity contribution < 1.29 is 9.13 Å². The van der Waals surface area contributed by atoms with Crippen LogP contribution in [0.2, 0.25) is 0 Å². The molecule has 1 atom stereocenters. The zero-order chi connectivity index (χ0) is 14.0. The number of hydrogen-bond acceptors (Lipinski definition) is 2. The van der Waals surface area contributed by atoms with Crippen LogP contribution >= 0.6 is 0 Å². The van der Waals surface area contributed by atoms with Crippen LogP contribution in [-0.2, 0) is 0 Å². The van der Waals surface area contributed by atoms with Gasteiger partial charge in [0.2, 0.25) is 0 Å². The molecule has 100 valence electrons. The summed E-state index contributed by atoms with van der Waals surface area (Å²) in [5.41, 5.74) is 8.61. The Morgan fingerprint density at radius 2 is 1.74 bits per heavy atom. The van der Waals surface area contributed by atoms with Gasteiger partial charge in [0.05, 0.1) is 0 Å². The third-order valence-electron chi connectivity index (χ3n) is 3.03. The van der Waals surface area contributed by atoms with Crippen LogP contribution in [0.5, 0.6) is 11.5 Å². The maximum absolute atomic E-state index is 13.9. The fourth-order valence-corrected chi connectivity index (χ4v) is 1.92. The molecule has 0 saturated carbocycles. The minimum Gasteiger partial charge on any atom is -0.454 e. The number of rotatable bonds is 3. The van der Waals surface area contributed by atoms with E-state index in [1.807, 2.05) is 39.0 Å². The van der Waals surface area contributed by atoms with Gasteiger partial charge in [-0.3, -0.25) is 0 Å². The Kier molecular flexibility index (Phi) is 3.86.